The SMILES string of the molecule is c1ccc(-c2nc(-c3ccccc3)nc(-c3ccc(-c4cccc5c4c4ccccc4n5-c4cccc(-c5cccc6c5c5ccccc5n6-c5ccccc5)c4)cc3)n2)cc1.c1ccc(-c2nc(-c3ccccc3)nc(-c3cccc(-c4cccc5c4c4ccccc4n5-c4cccc(-c5ccc6c7ccccc7n(-c7ccccc7)c6c5)c4)c3)n2)cc1. The van der Waals surface area contributed by atoms with Crippen molar-refractivity contribution in [1.82, 2.24) is 48.2 Å². The van der Waals surface area contributed by atoms with E-state index in [1.807, 2.05) is 121 Å². The summed E-state index contributed by atoms with van der Waals surface area (Å²) in [7, 11) is 0. The average Bonchev–Trinajstić information content (AvgIpc) is 1.60. The molecule has 124 heavy (non-hydrogen) atoms. The van der Waals surface area contributed by atoms with Gasteiger partial charge in [-0.15, -0.1) is 0 Å². The lowest BCUT2D eigenvalue weighted by Crippen LogP contribution is -2.00. The van der Waals surface area contributed by atoms with E-state index in [1.54, 1.807) is 0 Å². The van der Waals surface area contributed by atoms with Crippen molar-refractivity contribution in [2.75, 3.05) is 0 Å². The molecule has 6 heterocycles. The molecule has 18 aromatic carbocycles. The highest BCUT2D eigenvalue weighted by Crippen LogP contribution is 2.46. The van der Waals surface area contributed by atoms with Crippen LogP contribution in [0.4, 0.5) is 0 Å². The zero-order valence-corrected chi connectivity index (χ0v) is 67.2. The zero-order chi connectivity index (χ0) is 82.0. The van der Waals surface area contributed by atoms with E-state index < -0.39 is 0 Å². The van der Waals surface area contributed by atoms with E-state index in [0.717, 1.165) is 100 Å². The maximum absolute atomic E-state index is 5.04. The summed E-state index contributed by atoms with van der Waals surface area (Å²) in [6.45, 7) is 0. The summed E-state index contributed by atoms with van der Waals surface area (Å²) in [5.74, 6) is 3.86. The Labute approximate surface area is 715 Å². The molecule has 24 rings (SSSR count). The van der Waals surface area contributed by atoms with Gasteiger partial charge in [0.15, 0.2) is 34.9 Å². The summed E-state index contributed by atoms with van der Waals surface area (Å²) < 4.78 is 9.59. The van der Waals surface area contributed by atoms with Crippen molar-refractivity contribution in [3.05, 3.63) is 449 Å². The Morgan fingerprint density at radius 3 is 0.798 bits per heavy atom. The van der Waals surface area contributed by atoms with E-state index in [0.29, 0.717) is 34.9 Å². The van der Waals surface area contributed by atoms with Gasteiger partial charge >= 0.3 is 0 Å². The number of rotatable bonds is 14. The molecule has 0 radical (unpaired) electrons. The van der Waals surface area contributed by atoms with Gasteiger partial charge in [0, 0.05) is 99.2 Å². The van der Waals surface area contributed by atoms with Crippen molar-refractivity contribution in [1.29, 1.82) is 0 Å². The predicted molar refractivity (Wildman–Crippen MR) is 511 cm³/mol. The van der Waals surface area contributed by atoms with Gasteiger partial charge in [0.25, 0.3) is 0 Å². The van der Waals surface area contributed by atoms with Crippen LogP contribution in [0.3, 0.4) is 0 Å². The van der Waals surface area contributed by atoms with Gasteiger partial charge in [-0.3, -0.25) is 0 Å². The van der Waals surface area contributed by atoms with Crippen LogP contribution in [0, 0.1) is 0 Å². The molecule has 0 saturated carbocycles. The minimum Gasteiger partial charge on any atom is -0.309 e. The topological polar surface area (TPSA) is 97.1 Å². The molecule has 0 fully saturated rings. The molecule has 0 aliphatic carbocycles. The summed E-state index contributed by atoms with van der Waals surface area (Å²) in [6, 6.07) is 159. The molecule has 580 valence electrons. The maximum atomic E-state index is 5.04. The smallest absolute Gasteiger partial charge is 0.164 e. The maximum Gasteiger partial charge on any atom is 0.164 e. The number of aromatic nitrogens is 10. The molecule has 0 aliphatic rings. The summed E-state index contributed by atoms with van der Waals surface area (Å²) in [5, 5.41) is 9.80. The van der Waals surface area contributed by atoms with Crippen molar-refractivity contribution >= 4 is 87.2 Å². The van der Waals surface area contributed by atoms with E-state index in [-0.39, 0.29) is 0 Å². The number of nitrogens with zero attached hydrogens (tertiary/aromatic N) is 10. The van der Waals surface area contributed by atoms with E-state index in [9.17, 15) is 0 Å². The van der Waals surface area contributed by atoms with Crippen LogP contribution in [0.15, 0.2) is 449 Å². The largest absolute Gasteiger partial charge is 0.309 e. The third-order valence-electron chi connectivity index (χ3n) is 23.9. The van der Waals surface area contributed by atoms with Crippen molar-refractivity contribution in [2.24, 2.45) is 0 Å². The van der Waals surface area contributed by atoms with E-state index >= 15 is 0 Å². The molecule has 0 saturated heterocycles. The van der Waals surface area contributed by atoms with Gasteiger partial charge in [-0.25, -0.2) is 29.9 Å². The van der Waals surface area contributed by atoms with Crippen molar-refractivity contribution < 1.29 is 0 Å². The highest BCUT2D eigenvalue weighted by molar-refractivity contribution is 6.19. The molecular weight excluding hydrogens is 1510 g/mol. The summed E-state index contributed by atoms with van der Waals surface area (Å²) in [5.41, 5.74) is 28.8. The number of benzene rings is 18. The third-order valence-corrected chi connectivity index (χ3v) is 23.9. The molecule has 0 N–H and O–H groups in total. The predicted octanol–water partition coefficient (Wildman–Crippen LogP) is 28.8. The normalized spacial score (nSPS) is 11.5. The Hall–Kier alpha value is -16.8. The van der Waals surface area contributed by atoms with E-state index in [2.05, 4.69) is 346 Å². The van der Waals surface area contributed by atoms with Crippen molar-refractivity contribution in [3.8, 4) is 136 Å². The van der Waals surface area contributed by atoms with E-state index in [4.69, 9.17) is 29.9 Å². The molecular formula is C114H74N10. The third kappa shape index (κ3) is 12.8. The first-order chi connectivity index (χ1) is 61.5. The minimum atomic E-state index is 0.633. The first kappa shape index (κ1) is 72.4. The summed E-state index contributed by atoms with van der Waals surface area (Å²) >= 11 is 0. The van der Waals surface area contributed by atoms with Crippen LogP contribution in [-0.4, -0.2) is 48.2 Å². The van der Waals surface area contributed by atoms with E-state index in [1.165, 1.54) is 87.4 Å². The second-order valence-corrected chi connectivity index (χ2v) is 31.2. The molecule has 0 aliphatic heterocycles. The quantitative estimate of drug-likeness (QED) is 0.108. The van der Waals surface area contributed by atoms with Crippen LogP contribution in [-0.2, 0) is 0 Å². The van der Waals surface area contributed by atoms with Gasteiger partial charge in [0.1, 0.15) is 0 Å². The number of hydrogen-bond donors (Lipinski definition) is 0. The first-order valence-corrected chi connectivity index (χ1v) is 41.9. The lowest BCUT2D eigenvalue weighted by Gasteiger charge is -2.12. The Bertz CT molecular complexity index is 8090. The number of hydrogen-bond acceptors (Lipinski definition) is 6. The van der Waals surface area contributed by atoms with Gasteiger partial charge in [-0.2, -0.15) is 0 Å². The Morgan fingerprint density at radius 1 is 0.129 bits per heavy atom. The van der Waals surface area contributed by atoms with Crippen LogP contribution < -0.4 is 0 Å². The van der Waals surface area contributed by atoms with Crippen LogP contribution in [0.2, 0.25) is 0 Å². The Kier molecular flexibility index (Phi) is 18.0. The van der Waals surface area contributed by atoms with Gasteiger partial charge in [-0.05, 0) is 148 Å². The Morgan fingerprint density at radius 2 is 0.371 bits per heavy atom. The summed E-state index contributed by atoms with van der Waals surface area (Å²) in [4.78, 5) is 29.9. The fourth-order valence-electron chi connectivity index (χ4n) is 18.3. The lowest BCUT2D eigenvalue weighted by molar-refractivity contribution is 1.07. The van der Waals surface area contributed by atoms with Gasteiger partial charge in [0.2, 0.25) is 0 Å². The Balaban J connectivity index is 0.000000143. The number of para-hydroxylation sites is 6. The van der Waals surface area contributed by atoms with Crippen LogP contribution in [0.5, 0.6) is 0 Å². The highest BCUT2D eigenvalue weighted by Gasteiger charge is 2.24. The molecule has 10 heteroatoms. The summed E-state index contributed by atoms with van der Waals surface area (Å²) in [6.07, 6.45) is 0. The monoisotopic (exact) mass is 1580 g/mol. The fraction of sp³-hybridized carbons (Fsp3) is 0. The molecule has 0 bridgehead atoms. The fourth-order valence-corrected chi connectivity index (χ4v) is 18.3. The minimum absolute atomic E-state index is 0.633. The van der Waals surface area contributed by atoms with Gasteiger partial charge < -0.3 is 18.3 Å². The van der Waals surface area contributed by atoms with Crippen molar-refractivity contribution in [2.45, 2.75) is 0 Å². The average molecular weight is 1580 g/mol. The van der Waals surface area contributed by atoms with Gasteiger partial charge in [-0.1, -0.05) is 346 Å². The molecule has 0 unspecified atom stereocenters. The molecule has 0 amide bonds. The standard InChI is InChI=1S/2C57H37N5/c1-4-17-38(18-5-1)55-58-56(39-19-6-2-7-20-39)60-57(59-55)43-23-14-22-42(35-43)46-29-16-32-52-54(46)49-28-11-13-31-51(49)62(52)45-26-15-21-40(36-45)41-33-34-48-47-27-10-12-30-50(47)61(53(48)37-41)44-24-8-3-9-25-44;1-4-17-39(18-5-1)55-58-56(40-19-6-2-7-20-40)60-57(59-55)41-35-33-38(34-36-41)45-27-15-32-52-53(45)48-26-11-13-30-50(48)62(52)44-24-14-21-42(37-44)46-28-16-31-51-54(46)47-25-10-12-29-49(47)61(51)43-22-8-3-9-23-43/h2*1-37H. The van der Waals surface area contributed by atoms with Crippen LogP contribution in [0.25, 0.3) is 223 Å². The molecule has 24 aromatic rings. The highest BCUT2D eigenvalue weighted by atomic mass is 15.1. The van der Waals surface area contributed by atoms with Crippen molar-refractivity contribution in [3.63, 3.8) is 0 Å². The molecule has 10 nitrogen and oxygen atoms in total. The van der Waals surface area contributed by atoms with Crippen LogP contribution >= 0.6 is 0 Å². The first-order valence-electron chi connectivity index (χ1n) is 41.9. The van der Waals surface area contributed by atoms with Gasteiger partial charge in [0.05, 0.1) is 44.1 Å². The molecule has 0 spiro atoms. The zero-order valence-electron chi connectivity index (χ0n) is 67.2. The van der Waals surface area contributed by atoms with Crippen LogP contribution in [0.1, 0.15) is 0 Å². The number of fused-ring (bicyclic) bond motifs is 12. The second kappa shape index (κ2) is 30.8. The second-order valence-electron chi connectivity index (χ2n) is 31.2. The molecule has 0 atom stereocenters. The lowest BCUT2D eigenvalue weighted by atomic mass is 9.97. The molecule has 6 aromatic heterocycles.